The molecule has 6 heterocycles. The average molecular weight is 938 g/mol. The van der Waals surface area contributed by atoms with Gasteiger partial charge in [-0.15, -0.1) is 0 Å². The van der Waals surface area contributed by atoms with Gasteiger partial charge in [0.05, 0.1) is 51.5 Å². The molecule has 17 nitrogen and oxygen atoms in total. The quantitative estimate of drug-likeness (QED) is 0.114. The summed E-state index contributed by atoms with van der Waals surface area (Å²) in [4.78, 5) is 86.1. The Morgan fingerprint density at radius 1 is 1.01 bits per heavy atom. The van der Waals surface area contributed by atoms with Gasteiger partial charge in [-0.05, 0) is 92.0 Å². The Labute approximate surface area is 385 Å². The van der Waals surface area contributed by atoms with E-state index >= 15 is 0 Å². The van der Waals surface area contributed by atoms with E-state index in [0.717, 1.165) is 26.1 Å². The van der Waals surface area contributed by atoms with E-state index in [0.29, 0.717) is 49.0 Å². The van der Waals surface area contributed by atoms with Crippen LogP contribution in [0.4, 0.5) is 23.7 Å². The number of hydrogen-bond acceptors (Lipinski definition) is 13. The highest BCUT2D eigenvalue weighted by Gasteiger charge is 2.55. The largest absolute Gasteiger partial charge is 0.508 e. The molecule has 3 aliphatic heterocycles. The first kappa shape index (κ1) is 44.6. The van der Waals surface area contributed by atoms with Gasteiger partial charge < -0.3 is 34.9 Å². The van der Waals surface area contributed by atoms with Gasteiger partial charge >= 0.3 is 24.2 Å². The van der Waals surface area contributed by atoms with Gasteiger partial charge in [-0.2, -0.15) is 18.3 Å². The molecule has 5 aromatic rings. The van der Waals surface area contributed by atoms with Crippen molar-refractivity contribution in [3.8, 4) is 22.8 Å². The molecule has 20 heteroatoms. The molecule has 5 aliphatic rings. The fourth-order valence-corrected chi connectivity index (χ4v) is 10.6. The fourth-order valence-electron chi connectivity index (χ4n) is 10.6. The number of rotatable bonds is 8. The summed E-state index contributed by atoms with van der Waals surface area (Å²) in [5, 5.41) is 18.1. The number of aromatic nitrogens is 4. The number of nitrogens with one attached hydrogen (secondary N) is 1. The third-order valence-corrected chi connectivity index (χ3v) is 13.8. The summed E-state index contributed by atoms with van der Waals surface area (Å²) in [7, 11) is 0. The number of phenols is 1. The van der Waals surface area contributed by atoms with Crippen molar-refractivity contribution in [1.29, 1.82) is 0 Å². The number of aromatic hydroxyl groups is 1. The summed E-state index contributed by atoms with van der Waals surface area (Å²) in [6.45, 7) is 4.88. The van der Waals surface area contributed by atoms with Crippen molar-refractivity contribution < 1.29 is 56.5 Å². The molecule has 0 radical (unpaired) electrons. The minimum Gasteiger partial charge on any atom is -0.508 e. The minimum absolute atomic E-state index is 0.0624. The van der Waals surface area contributed by atoms with Crippen LogP contribution in [0.25, 0.3) is 28.0 Å². The van der Waals surface area contributed by atoms with Crippen LogP contribution < -0.4 is 16.6 Å². The van der Waals surface area contributed by atoms with Gasteiger partial charge in [0, 0.05) is 47.6 Å². The van der Waals surface area contributed by atoms with E-state index < -0.39 is 76.4 Å². The van der Waals surface area contributed by atoms with Crippen LogP contribution in [-0.4, -0.2) is 84.3 Å². The number of aryl methyl sites for hydroxylation is 1. The molecule has 0 unspecified atom stereocenters. The zero-order chi connectivity index (χ0) is 48.2. The van der Waals surface area contributed by atoms with E-state index in [9.17, 15) is 47.0 Å². The third kappa shape index (κ3) is 7.40. The highest BCUT2D eigenvalue weighted by atomic mass is 19.4. The van der Waals surface area contributed by atoms with E-state index in [2.05, 4.69) is 10.4 Å². The highest BCUT2D eigenvalue weighted by Crippen LogP contribution is 2.45. The van der Waals surface area contributed by atoms with Crippen LogP contribution >= 0.6 is 0 Å². The number of pyridine rings is 2. The zero-order valence-corrected chi connectivity index (χ0v) is 37.3. The lowest BCUT2D eigenvalue weighted by atomic mass is 9.75. The van der Waals surface area contributed by atoms with Crippen LogP contribution in [0.15, 0.2) is 47.3 Å². The number of nitrogens with two attached hydrogens (primary N) is 1. The van der Waals surface area contributed by atoms with E-state index in [1.54, 1.807) is 36.6 Å². The maximum atomic E-state index is 14.2. The number of alkyl halides is 3. The van der Waals surface area contributed by atoms with Crippen LogP contribution in [0.2, 0.25) is 0 Å². The molecule has 68 heavy (non-hydrogen) atoms. The Hall–Kier alpha value is -7.25. The van der Waals surface area contributed by atoms with Crippen molar-refractivity contribution in [3.63, 3.8) is 0 Å². The predicted molar refractivity (Wildman–Crippen MR) is 235 cm³/mol. The summed E-state index contributed by atoms with van der Waals surface area (Å²) in [6.07, 6.45) is -4.11. The molecular formula is C48H46F3N7O10. The number of cyclic esters (lactones) is 1. The van der Waals surface area contributed by atoms with Gasteiger partial charge in [0.2, 0.25) is 5.60 Å². The molecule has 1 saturated heterocycles. The van der Waals surface area contributed by atoms with Crippen molar-refractivity contribution in [1.82, 2.24) is 24.2 Å². The van der Waals surface area contributed by atoms with Gasteiger partial charge in [-0.25, -0.2) is 19.3 Å². The Balaban J connectivity index is 0.805. The second-order valence-electron chi connectivity index (χ2n) is 19.0. The van der Waals surface area contributed by atoms with Crippen molar-refractivity contribution in [2.75, 3.05) is 18.4 Å². The van der Waals surface area contributed by atoms with Crippen LogP contribution in [0.1, 0.15) is 114 Å². The smallest absolute Gasteiger partial charge is 0.435 e. The highest BCUT2D eigenvalue weighted by molar-refractivity contribution is 6.01. The zero-order valence-electron chi connectivity index (χ0n) is 37.3. The van der Waals surface area contributed by atoms with Crippen LogP contribution in [0.3, 0.4) is 0 Å². The standard InChI is InChI=1S/C48H46F3N7O10/c1-4-27-29-16-25(59)8-12-33(29)54-40-30(27)20-57-35(40)17-32-31(43(57)63)22-66-44(64)47(32)13-14-56(45(65)68-47)21-38(61)67-26-9-5-23(6-10-26)53-34-15-24(7-11-28(34)42(52)62)58-36-18-46(2,3)19-37(60)39(36)41(55-58)48(49,50)51/h7-8,11-12,15-17,23,26,53,59H,4-6,9-10,13-14,18-22H2,1-3H3,(H2,52,62)/t23?,26?,47-/m0/s1. The number of amides is 2. The molecule has 2 amide bonds. The molecule has 2 aromatic carbocycles. The number of fused-ring (bicyclic) bond motifs is 7. The molecule has 10 rings (SSSR count). The number of halogens is 3. The van der Waals surface area contributed by atoms with E-state index in [1.807, 2.05) is 6.92 Å². The number of hydrogen-bond donors (Lipinski definition) is 3. The number of primary amides is 1. The van der Waals surface area contributed by atoms with Gasteiger partial charge in [0.15, 0.2) is 11.5 Å². The maximum absolute atomic E-state index is 14.2. The molecular weight excluding hydrogens is 892 g/mol. The number of Topliss-reactive ketones (excluding diaryl/α,β-unsaturated/α-hetero) is 1. The normalized spacial score (nSPS) is 21.7. The van der Waals surface area contributed by atoms with Crippen molar-refractivity contribution in [2.24, 2.45) is 11.1 Å². The number of carbonyl (C=O) groups excluding carboxylic acids is 5. The Morgan fingerprint density at radius 3 is 2.49 bits per heavy atom. The molecule has 1 atom stereocenters. The second kappa shape index (κ2) is 15.9. The molecule has 4 N–H and O–H groups in total. The first-order valence-electron chi connectivity index (χ1n) is 22.4. The molecule has 1 spiro atoms. The average Bonchev–Trinajstić information content (AvgIpc) is 3.85. The summed E-state index contributed by atoms with van der Waals surface area (Å²) >= 11 is 0. The summed E-state index contributed by atoms with van der Waals surface area (Å²) < 4.78 is 62.3. The van der Waals surface area contributed by atoms with Crippen LogP contribution in [0.5, 0.6) is 5.75 Å². The Morgan fingerprint density at radius 2 is 1.78 bits per heavy atom. The van der Waals surface area contributed by atoms with Crippen molar-refractivity contribution in [2.45, 2.75) is 109 Å². The Kier molecular flexibility index (Phi) is 10.4. The number of nitrogens with zero attached hydrogens (tertiary/aromatic N) is 5. The first-order valence-corrected chi connectivity index (χ1v) is 22.4. The molecule has 0 bridgehead atoms. The van der Waals surface area contributed by atoms with E-state index in [4.69, 9.17) is 24.9 Å². The van der Waals surface area contributed by atoms with E-state index in [-0.39, 0.29) is 84.5 Å². The lowest BCUT2D eigenvalue weighted by Gasteiger charge is -2.41. The number of anilines is 1. The van der Waals surface area contributed by atoms with E-state index in [1.165, 1.54) is 24.3 Å². The number of ether oxygens (including phenoxy) is 3. The number of benzene rings is 2. The number of ketones is 1. The monoisotopic (exact) mass is 937 g/mol. The van der Waals surface area contributed by atoms with Crippen molar-refractivity contribution >= 4 is 46.3 Å². The maximum Gasteiger partial charge on any atom is 0.435 e. The molecule has 2 aliphatic carbocycles. The lowest BCUT2D eigenvalue weighted by molar-refractivity contribution is -0.179. The number of esters is 2. The first-order chi connectivity index (χ1) is 32.2. The predicted octanol–water partition coefficient (Wildman–Crippen LogP) is 6.21. The Bertz CT molecular complexity index is 3100. The molecule has 354 valence electrons. The number of carbonyl (C=O) groups is 5. The van der Waals surface area contributed by atoms with Crippen LogP contribution in [-0.2, 0) is 61.6 Å². The summed E-state index contributed by atoms with van der Waals surface area (Å²) in [6, 6.07) is 10.6. The fraction of sp³-hybridized carbons (Fsp3) is 0.417. The molecule has 3 aromatic heterocycles. The summed E-state index contributed by atoms with van der Waals surface area (Å²) in [5.74, 6) is -2.87. The van der Waals surface area contributed by atoms with Gasteiger partial charge in [-0.3, -0.25) is 24.1 Å². The summed E-state index contributed by atoms with van der Waals surface area (Å²) in [5.41, 5.74) is 5.43. The number of phenolic OH excluding ortho intramolecular Hbond substituents is 1. The third-order valence-electron chi connectivity index (χ3n) is 13.8. The lowest BCUT2D eigenvalue weighted by Crippen LogP contribution is -2.56. The van der Waals surface area contributed by atoms with Crippen LogP contribution in [0, 0.1) is 5.41 Å². The van der Waals surface area contributed by atoms with Crippen molar-refractivity contribution in [3.05, 3.63) is 97.6 Å². The van der Waals surface area contributed by atoms with Gasteiger partial charge in [-0.1, -0.05) is 20.8 Å². The SMILES string of the molecule is CCc1c2c(nc3ccc(O)cc13)-c1cc3c(c(=O)n1C2)COC(=O)[C@]31CCN(CC(=O)OC2CCC(Nc3cc(-n4nc(C(F)(F)F)c5c4CC(C)(C)CC5=O)ccc3C(N)=O)CC2)C(=O)O1. The minimum atomic E-state index is -4.87. The second-order valence-corrected chi connectivity index (χ2v) is 19.0. The van der Waals surface area contributed by atoms with Gasteiger partial charge in [0.25, 0.3) is 11.5 Å². The molecule has 2 fully saturated rings. The molecule has 1 saturated carbocycles. The van der Waals surface area contributed by atoms with Gasteiger partial charge in [0.1, 0.15) is 25.0 Å². The topological polar surface area (TPSA) is 227 Å².